The van der Waals surface area contributed by atoms with Gasteiger partial charge < -0.3 is 9.64 Å². The van der Waals surface area contributed by atoms with E-state index in [9.17, 15) is 4.79 Å². The number of carbonyl (C=O) groups excluding carboxylic acids is 1. The van der Waals surface area contributed by atoms with E-state index in [0.29, 0.717) is 13.0 Å². The Kier molecular flexibility index (Phi) is 6.19. The van der Waals surface area contributed by atoms with Crippen LogP contribution in [0.3, 0.4) is 0 Å². The molecule has 1 rings (SSSR count). The third kappa shape index (κ3) is 5.08. The van der Waals surface area contributed by atoms with Gasteiger partial charge in [-0.1, -0.05) is 28.1 Å². The first-order valence-corrected chi connectivity index (χ1v) is 7.00. The molecule has 0 heterocycles. The van der Waals surface area contributed by atoms with Gasteiger partial charge in [-0.25, -0.2) is 0 Å². The number of carbonyl (C=O) groups is 1. The Morgan fingerprint density at radius 3 is 2.44 bits per heavy atom. The first-order chi connectivity index (χ1) is 8.52. The van der Waals surface area contributed by atoms with Gasteiger partial charge in [0.15, 0.2) is 0 Å². The number of ether oxygens (including phenoxy) is 1. The molecule has 0 amide bonds. The molecule has 0 aliphatic heterocycles. The summed E-state index contributed by atoms with van der Waals surface area (Å²) in [4.78, 5) is 13.5. The number of hydrogen-bond donors (Lipinski definition) is 0. The first kappa shape index (κ1) is 15.0. The van der Waals surface area contributed by atoms with Crippen LogP contribution in [0.4, 0.5) is 5.69 Å². The summed E-state index contributed by atoms with van der Waals surface area (Å²) in [6, 6.07) is 8.35. The molecule has 0 aromatic heterocycles. The van der Waals surface area contributed by atoms with Crippen molar-refractivity contribution in [1.29, 1.82) is 0 Å². The highest BCUT2D eigenvalue weighted by molar-refractivity contribution is 9.09. The maximum atomic E-state index is 11.3. The molecule has 18 heavy (non-hydrogen) atoms. The van der Waals surface area contributed by atoms with Crippen molar-refractivity contribution >= 4 is 27.6 Å². The predicted octanol–water partition coefficient (Wildman–Crippen LogP) is 3.01. The molecule has 1 atom stereocenters. The molecule has 0 spiro atoms. The molecule has 0 saturated heterocycles. The number of alkyl halides is 1. The number of anilines is 1. The number of benzene rings is 1. The van der Waals surface area contributed by atoms with Crippen LogP contribution in [0.5, 0.6) is 0 Å². The van der Waals surface area contributed by atoms with Gasteiger partial charge in [-0.15, -0.1) is 0 Å². The van der Waals surface area contributed by atoms with Crippen LogP contribution in [0, 0.1) is 0 Å². The molecule has 4 heteroatoms. The minimum Gasteiger partial charge on any atom is -0.466 e. The Balaban J connectivity index is 2.49. The zero-order valence-electron chi connectivity index (χ0n) is 11.1. The van der Waals surface area contributed by atoms with Crippen LogP contribution >= 0.6 is 15.9 Å². The van der Waals surface area contributed by atoms with E-state index < -0.39 is 0 Å². The summed E-state index contributed by atoms with van der Waals surface area (Å²) in [5, 5.41) is 0. The van der Waals surface area contributed by atoms with E-state index in [0.717, 1.165) is 6.42 Å². The molecule has 1 aromatic rings. The molecule has 0 bridgehead atoms. The summed E-state index contributed by atoms with van der Waals surface area (Å²) in [7, 11) is 4.03. The highest BCUT2D eigenvalue weighted by Gasteiger charge is 2.12. The van der Waals surface area contributed by atoms with E-state index in [1.54, 1.807) is 0 Å². The van der Waals surface area contributed by atoms with Gasteiger partial charge in [-0.05, 0) is 31.0 Å². The van der Waals surface area contributed by atoms with Gasteiger partial charge in [0, 0.05) is 24.6 Å². The van der Waals surface area contributed by atoms with Crippen molar-refractivity contribution in [1.82, 2.24) is 0 Å². The Labute approximate surface area is 117 Å². The van der Waals surface area contributed by atoms with E-state index >= 15 is 0 Å². The minimum absolute atomic E-state index is 0.127. The summed E-state index contributed by atoms with van der Waals surface area (Å²) in [5.74, 6) is -0.149. The summed E-state index contributed by atoms with van der Waals surface area (Å²) >= 11 is 3.52. The summed E-state index contributed by atoms with van der Waals surface area (Å²) in [6.45, 7) is 2.26. The number of rotatable bonds is 6. The van der Waals surface area contributed by atoms with Gasteiger partial charge in [-0.3, -0.25) is 4.79 Å². The van der Waals surface area contributed by atoms with Gasteiger partial charge in [0.2, 0.25) is 0 Å². The first-order valence-electron chi connectivity index (χ1n) is 6.09. The monoisotopic (exact) mass is 313 g/mol. The lowest BCUT2D eigenvalue weighted by molar-refractivity contribution is -0.143. The second-order valence-corrected chi connectivity index (χ2v) is 5.67. The van der Waals surface area contributed by atoms with E-state index in [1.165, 1.54) is 11.3 Å². The topological polar surface area (TPSA) is 29.5 Å². The molecule has 3 nitrogen and oxygen atoms in total. The Hall–Kier alpha value is -1.03. The summed E-state index contributed by atoms with van der Waals surface area (Å²) in [5.41, 5.74) is 2.39. The third-order valence-corrected chi connectivity index (χ3v) is 3.25. The van der Waals surface area contributed by atoms with Crippen molar-refractivity contribution in [3.8, 4) is 0 Å². The van der Waals surface area contributed by atoms with Crippen molar-refractivity contribution in [2.75, 3.05) is 25.6 Å². The lowest BCUT2D eigenvalue weighted by Gasteiger charge is -2.14. The molecule has 0 fully saturated rings. The maximum Gasteiger partial charge on any atom is 0.306 e. The third-order valence-electron chi connectivity index (χ3n) is 2.60. The number of halogens is 1. The molecular weight excluding hydrogens is 294 g/mol. The average molecular weight is 314 g/mol. The van der Waals surface area contributed by atoms with Crippen LogP contribution in [0.15, 0.2) is 24.3 Å². The molecule has 1 aromatic carbocycles. The predicted molar refractivity (Wildman–Crippen MR) is 78.4 cm³/mol. The Bertz CT molecular complexity index is 376. The fourth-order valence-corrected chi connectivity index (χ4v) is 2.30. The van der Waals surface area contributed by atoms with Gasteiger partial charge in [0.05, 0.1) is 13.0 Å². The highest BCUT2D eigenvalue weighted by atomic mass is 79.9. The molecule has 0 radical (unpaired) electrons. The van der Waals surface area contributed by atoms with E-state index in [1.807, 2.05) is 21.0 Å². The second-order valence-electron chi connectivity index (χ2n) is 4.37. The van der Waals surface area contributed by atoms with Crippen LogP contribution in [0.25, 0.3) is 0 Å². The number of esters is 1. The molecule has 100 valence electrons. The van der Waals surface area contributed by atoms with Crippen LogP contribution in [0.1, 0.15) is 18.9 Å². The summed E-state index contributed by atoms with van der Waals surface area (Å²) in [6.07, 6.45) is 1.23. The zero-order chi connectivity index (χ0) is 13.5. The molecule has 0 aliphatic rings. The van der Waals surface area contributed by atoms with Gasteiger partial charge >= 0.3 is 5.97 Å². The second kappa shape index (κ2) is 7.41. The average Bonchev–Trinajstić information content (AvgIpc) is 2.29. The fourth-order valence-electron chi connectivity index (χ4n) is 1.66. The van der Waals surface area contributed by atoms with Crippen molar-refractivity contribution in [2.24, 2.45) is 0 Å². The SMILES string of the molecule is CCOC(=O)CC(Br)Cc1ccc(N(C)C)cc1. The lowest BCUT2D eigenvalue weighted by Crippen LogP contribution is -2.13. The van der Waals surface area contributed by atoms with E-state index in [-0.39, 0.29) is 10.8 Å². The molecular formula is C14H20BrNO2. The minimum atomic E-state index is -0.149. The standard InChI is InChI=1S/C14H20BrNO2/c1-4-18-14(17)10-12(15)9-11-5-7-13(8-6-11)16(2)3/h5-8,12H,4,9-10H2,1-3H3. The Morgan fingerprint density at radius 2 is 1.94 bits per heavy atom. The van der Waals surface area contributed by atoms with Crippen LogP contribution in [-0.4, -0.2) is 31.5 Å². The normalized spacial score (nSPS) is 12.0. The van der Waals surface area contributed by atoms with Crippen LogP contribution < -0.4 is 4.90 Å². The quantitative estimate of drug-likeness (QED) is 0.597. The lowest BCUT2D eigenvalue weighted by atomic mass is 10.1. The Morgan fingerprint density at radius 1 is 1.33 bits per heavy atom. The van der Waals surface area contributed by atoms with Gasteiger partial charge in [-0.2, -0.15) is 0 Å². The highest BCUT2D eigenvalue weighted by Crippen LogP contribution is 2.17. The zero-order valence-corrected chi connectivity index (χ0v) is 12.7. The van der Waals surface area contributed by atoms with Crippen molar-refractivity contribution in [3.63, 3.8) is 0 Å². The smallest absolute Gasteiger partial charge is 0.306 e. The summed E-state index contributed by atoms with van der Waals surface area (Å²) < 4.78 is 4.93. The number of nitrogens with zero attached hydrogens (tertiary/aromatic N) is 1. The van der Waals surface area contributed by atoms with E-state index in [4.69, 9.17) is 4.74 Å². The van der Waals surface area contributed by atoms with Gasteiger partial charge in [0.1, 0.15) is 0 Å². The van der Waals surface area contributed by atoms with E-state index in [2.05, 4.69) is 45.1 Å². The molecule has 0 aliphatic carbocycles. The van der Waals surface area contributed by atoms with Crippen LogP contribution in [-0.2, 0) is 16.0 Å². The number of hydrogen-bond acceptors (Lipinski definition) is 3. The molecule has 1 unspecified atom stereocenters. The maximum absolute atomic E-state index is 11.3. The molecule has 0 saturated carbocycles. The molecule has 0 N–H and O–H groups in total. The fraction of sp³-hybridized carbons (Fsp3) is 0.500. The van der Waals surface area contributed by atoms with Crippen molar-refractivity contribution in [2.45, 2.75) is 24.6 Å². The largest absolute Gasteiger partial charge is 0.466 e. The van der Waals surface area contributed by atoms with Crippen LogP contribution in [0.2, 0.25) is 0 Å². The van der Waals surface area contributed by atoms with Crippen molar-refractivity contribution in [3.05, 3.63) is 29.8 Å². The van der Waals surface area contributed by atoms with Gasteiger partial charge in [0.25, 0.3) is 0 Å². The van der Waals surface area contributed by atoms with Crippen molar-refractivity contribution < 1.29 is 9.53 Å².